The smallest absolute Gasteiger partial charge is 0.0344 e. The highest BCUT2D eigenvalue weighted by molar-refractivity contribution is 7.98. The van der Waals surface area contributed by atoms with Crippen LogP contribution in [0.15, 0.2) is 0 Å². The van der Waals surface area contributed by atoms with Gasteiger partial charge in [0.05, 0.1) is 0 Å². The second kappa shape index (κ2) is 7.73. The Kier molecular flexibility index (Phi) is 6.99. The van der Waals surface area contributed by atoms with Gasteiger partial charge in [-0.3, -0.25) is 4.90 Å². The van der Waals surface area contributed by atoms with Crippen LogP contribution in [0.1, 0.15) is 32.6 Å². The van der Waals surface area contributed by atoms with Gasteiger partial charge < -0.3 is 10.6 Å². The molecule has 1 rings (SSSR count). The molecule has 0 bridgehead atoms. The van der Waals surface area contributed by atoms with Crippen molar-refractivity contribution < 1.29 is 0 Å². The van der Waals surface area contributed by atoms with Crippen LogP contribution in [-0.4, -0.2) is 67.1 Å². The Morgan fingerprint density at radius 2 is 2.11 bits per heavy atom. The van der Waals surface area contributed by atoms with Gasteiger partial charge in [-0.25, -0.2) is 0 Å². The van der Waals surface area contributed by atoms with E-state index in [-0.39, 0.29) is 5.54 Å². The van der Waals surface area contributed by atoms with E-state index >= 15 is 0 Å². The van der Waals surface area contributed by atoms with Crippen LogP contribution in [0.25, 0.3) is 0 Å². The molecular formula is C14H31N3S. The van der Waals surface area contributed by atoms with E-state index in [1.807, 2.05) is 11.8 Å². The average molecular weight is 273 g/mol. The molecular weight excluding hydrogens is 242 g/mol. The second-order valence-electron chi connectivity index (χ2n) is 5.83. The number of hydrogen-bond acceptors (Lipinski definition) is 4. The first-order valence-electron chi connectivity index (χ1n) is 7.16. The molecule has 0 aromatic rings. The summed E-state index contributed by atoms with van der Waals surface area (Å²) in [6, 6.07) is 0.629. The summed E-state index contributed by atoms with van der Waals surface area (Å²) >= 11 is 1.94. The number of nitrogens with zero attached hydrogens (tertiary/aromatic N) is 2. The summed E-state index contributed by atoms with van der Waals surface area (Å²) < 4.78 is 0. The maximum atomic E-state index is 6.16. The SMILES string of the molecule is CSCCC(C)N(C)C1(CN)CCCN(C)CC1. The first-order valence-corrected chi connectivity index (χ1v) is 8.55. The molecule has 0 aromatic heterocycles. The number of likely N-dealkylation sites (tertiary alicyclic amines) is 1. The summed E-state index contributed by atoms with van der Waals surface area (Å²) in [7, 11) is 4.51. The van der Waals surface area contributed by atoms with E-state index in [9.17, 15) is 0 Å². The zero-order chi connectivity index (χ0) is 13.6. The zero-order valence-corrected chi connectivity index (χ0v) is 13.4. The lowest BCUT2D eigenvalue weighted by molar-refractivity contribution is 0.0690. The van der Waals surface area contributed by atoms with Crippen molar-refractivity contribution >= 4 is 11.8 Å². The van der Waals surface area contributed by atoms with Crippen LogP contribution in [0.5, 0.6) is 0 Å². The van der Waals surface area contributed by atoms with Gasteiger partial charge in [-0.15, -0.1) is 0 Å². The zero-order valence-electron chi connectivity index (χ0n) is 12.6. The summed E-state index contributed by atoms with van der Waals surface area (Å²) in [6.45, 7) is 5.54. The molecule has 1 aliphatic heterocycles. The van der Waals surface area contributed by atoms with Crippen molar-refractivity contribution in [2.75, 3.05) is 45.7 Å². The van der Waals surface area contributed by atoms with Crippen LogP contribution in [-0.2, 0) is 0 Å². The molecule has 0 aliphatic carbocycles. The number of likely N-dealkylation sites (N-methyl/N-ethyl adjacent to an activating group) is 1. The van der Waals surface area contributed by atoms with Crippen molar-refractivity contribution in [1.82, 2.24) is 9.80 Å². The summed E-state index contributed by atoms with van der Waals surface area (Å²) in [6.07, 6.45) is 7.17. The maximum absolute atomic E-state index is 6.16. The standard InChI is InChI=1S/C14H31N3S/c1-13(6-11-18-4)17(3)14(12-15)7-5-9-16(2)10-8-14/h13H,5-12,15H2,1-4H3. The molecule has 1 aliphatic rings. The molecule has 108 valence electrons. The van der Waals surface area contributed by atoms with E-state index in [4.69, 9.17) is 5.73 Å². The minimum atomic E-state index is 0.225. The fourth-order valence-corrected chi connectivity index (χ4v) is 3.54. The van der Waals surface area contributed by atoms with Crippen molar-refractivity contribution in [2.45, 2.75) is 44.2 Å². The number of thioether (sulfide) groups is 1. The third-order valence-electron chi connectivity index (χ3n) is 4.67. The van der Waals surface area contributed by atoms with Gasteiger partial charge in [-0.1, -0.05) is 0 Å². The minimum Gasteiger partial charge on any atom is -0.329 e. The van der Waals surface area contributed by atoms with Gasteiger partial charge >= 0.3 is 0 Å². The van der Waals surface area contributed by atoms with Gasteiger partial charge in [0.1, 0.15) is 0 Å². The third kappa shape index (κ3) is 4.12. The molecule has 2 unspecified atom stereocenters. The van der Waals surface area contributed by atoms with Crippen molar-refractivity contribution in [3.8, 4) is 0 Å². The van der Waals surface area contributed by atoms with E-state index in [2.05, 4.69) is 37.1 Å². The van der Waals surface area contributed by atoms with E-state index in [0.717, 1.165) is 6.54 Å². The summed E-state index contributed by atoms with van der Waals surface area (Å²) in [5.41, 5.74) is 6.38. The Morgan fingerprint density at radius 3 is 2.72 bits per heavy atom. The van der Waals surface area contributed by atoms with Gasteiger partial charge in [0.2, 0.25) is 0 Å². The molecule has 0 spiro atoms. The topological polar surface area (TPSA) is 32.5 Å². The highest BCUT2D eigenvalue weighted by atomic mass is 32.2. The Bertz CT molecular complexity index is 237. The molecule has 2 N–H and O–H groups in total. The van der Waals surface area contributed by atoms with Crippen molar-refractivity contribution in [3.05, 3.63) is 0 Å². The molecule has 3 nitrogen and oxygen atoms in total. The number of hydrogen-bond donors (Lipinski definition) is 1. The predicted molar refractivity (Wildman–Crippen MR) is 83.4 cm³/mol. The quantitative estimate of drug-likeness (QED) is 0.801. The van der Waals surface area contributed by atoms with Crippen molar-refractivity contribution in [3.63, 3.8) is 0 Å². The first kappa shape index (κ1) is 16.3. The summed E-state index contributed by atoms with van der Waals surface area (Å²) in [5.74, 6) is 1.24. The highest BCUT2D eigenvalue weighted by Crippen LogP contribution is 2.29. The van der Waals surface area contributed by atoms with E-state index in [1.54, 1.807) is 0 Å². The molecule has 2 atom stereocenters. The second-order valence-corrected chi connectivity index (χ2v) is 6.81. The van der Waals surface area contributed by atoms with Crippen LogP contribution < -0.4 is 5.73 Å². The molecule has 0 aromatic carbocycles. The molecule has 0 radical (unpaired) electrons. The van der Waals surface area contributed by atoms with Gasteiger partial charge in [0.25, 0.3) is 0 Å². The van der Waals surface area contributed by atoms with Crippen LogP contribution in [0, 0.1) is 0 Å². The van der Waals surface area contributed by atoms with Gasteiger partial charge in [-0.2, -0.15) is 11.8 Å². The minimum absolute atomic E-state index is 0.225. The summed E-state index contributed by atoms with van der Waals surface area (Å²) in [5, 5.41) is 0. The predicted octanol–water partition coefficient (Wildman–Crippen LogP) is 1.87. The Balaban J connectivity index is 2.66. The van der Waals surface area contributed by atoms with Crippen molar-refractivity contribution in [2.24, 2.45) is 5.73 Å². The molecule has 4 heteroatoms. The lowest BCUT2D eigenvalue weighted by Gasteiger charge is -2.44. The highest BCUT2D eigenvalue weighted by Gasteiger charge is 2.36. The molecule has 1 fully saturated rings. The summed E-state index contributed by atoms with van der Waals surface area (Å²) in [4.78, 5) is 5.01. The Hall–Kier alpha value is 0.230. The van der Waals surface area contributed by atoms with Crippen molar-refractivity contribution in [1.29, 1.82) is 0 Å². The van der Waals surface area contributed by atoms with Gasteiger partial charge in [0, 0.05) is 18.1 Å². The monoisotopic (exact) mass is 273 g/mol. The molecule has 0 saturated carbocycles. The Labute approximate surface area is 117 Å². The lowest BCUT2D eigenvalue weighted by atomic mass is 9.87. The third-order valence-corrected chi connectivity index (χ3v) is 5.31. The normalized spacial score (nSPS) is 28.3. The number of nitrogens with two attached hydrogens (primary N) is 1. The van der Waals surface area contributed by atoms with E-state index in [0.29, 0.717) is 6.04 Å². The number of rotatable bonds is 6. The maximum Gasteiger partial charge on any atom is 0.0344 e. The van der Waals surface area contributed by atoms with Crippen LogP contribution >= 0.6 is 11.8 Å². The molecule has 1 saturated heterocycles. The largest absolute Gasteiger partial charge is 0.329 e. The van der Waals surface area contributed by atoms with Crippen LogP contribution in [0.3, 0.4) is 0 Å². The fourth-order valence-electron chi connectivity index (χ4n) is 2.96. The van der Waals surface area contributed by atoms with Crippen LogP contribution in [0.2, 0.25) is 0 Å². The van der Waals surface area contributed by atoms with Crippen LogP contribution in [0.4, 0.5) is 0 Å². The molecule has 1 heterocycles. The first-order chi connectivity index (χ1) is 8.55. The van der Waals surface area contributed by atoms with Gasteiger partial charge in [-0.05, 0) is 71.8 Å². The molecule has 0 amide bonds. The fraction of sp³-hybridized carbons (Fsp3) is 1.00. The lowest BCUT2D eigenvalue weighted by Crippen LogP contribution is -2.55. The van der Waals surface area contributed by atoms with Gasteiger partial charge in [0.15, 0.2) is 0 Å². The van der Waals surface area contributed by atoms with E-state index < -0.39 is 0 Å². The average Bonchev–Trinajstić information content (AvgIpc) is 2.57. The molecule has 18 heavy (non-hydrogen) atoms. The van der Waals surface area contributed by atoms with E-state index in [1.165, 1.54) is 44.5 Å². The Morgan fingerprint density at radius 1 is 1.39 bits per heavy atom.